The van der Waals surface area contributed by atoms with Crippen molar-refractivity contribution < 1.29 is 18.4 Å². The van der Waals surface area contributed by atoms with Gasteiger partial charge in [0.25, 0.3) is 0 Å². The van der Waals surface area contributed by atoms with Gasteiger partial charge in [0.2, 0.25) is 0 Å². The number of thioether (sulfide) groups is 1. The Balaban J connectivity index is 2.40. The number of oxime groups is 1. The van der Waals surface area contributed by atoms with Crippen LogP contribution in [0.3, 0.4) is 0 Å². The summed E-state index contributed by atoms with van der Waals surface area (Å²) in [4.78, 5) is 3.99. The summed E-state index contributed by atoms with van der Waals surface area (Å²) in [5.41, 5.74) is 0.475. The molecule has 0 fully saturated rings. The van der Waals surface area contributed by atoms with Crippen molar-refractivity contribution >= 4 is 29.3 Å². The van der Waals surface area contributed by atoms with Crippen molar-refractivity contribution in [2.75, 3.05) is 5.75 Å². The zero-order valence-electron chi connectivity index (χ0n) is 7.86. The van der Waals surface area contributed by atoms with Crippen molar-refractivity contribution in [3.8, 4) is 0 Å². The molecule has 0 bridgehead atoms. The van der Waals surface area contributed by atoms with Gasteiger partial charge < -0.3 is 5.21 Å². The van der Waals surface area contributed by atoms with E-state index in [-0.39, 0.29) is 12.2 Å². The van der Waals surface area contributed by atoms with Crippen LogP contribution >= 0.6 is 23.1 Å². The molecule has 3 nitrogen and oxygen atoms in total. The largest absolute Gasteiger partial charge is 0.411 e. The Bertz CT molecular complexity index is 402. The van der Waals surface area contributed by atoms with Crippen LogP contribution in [0.2, 0.25) is 0 Å². The summed E-state index contributed by atoms with van der Waals surface area (Å²) in [6.07, 6.45) is -1.44. The van der Waals surface area contributed by atoms with E-state index in [1.54, 1.807) is 5.38 Å². The third-order valence-electron chi connectivity index (χ3n) is 1.44. The molecule has 1 heterocycles. The first-order valence-corrected chi connectivity index (χ1v) is 5.95. The first kappa shape index (κ1) is 13.0. The van der Waals surface area contributed by atoms with Crippen LogP contribution in [0.15, 0.2) is 26.8 Å². The van der Waals surface area contributed by atoms with E-state index >= 15 is 0 Å². The van der Waals surface area contributed by atoms with E-state index in [1.165, 1.54) is 23.1 Å². The van der Waals surface area contributed by atoms with Crippen LogP contribution in [0.5, 0.6) is 0 Å². The molecule has 8 heteroatoms. The van der Waals surface area contributed by atoms with Crippen molar-refractivity contribution in [1.82, 2.24) is 4.98 Å². The summed E-state index contributed by atoms with van der Waals surface area (Å²) in [5.74, 6) is -1.20. The highest BCUT2D eigenvalue weighted by Gasteiger charge is 2.06. The monoisotopic (exact) mass is 268 g/mol. The van der Waals surface area contributed by atoms with Gasteiger partial charge in [-0.05, 0) is 0 Å². The van der Waals surface area contributed by atoms with Crippen molar-refractivity contribution in [3.63, 3.8) is 0 Å². The number of hydrogen-bond donors (Lipinski definition) is 1. The first-order chi connectivity index (χ1) is 7.63. The summed E-state index contributed by atoms with van der Waals surface area (Å²) in [7, 11) is 0. The minimum absolute atomic E-state index is 0.187. The Morgan fingerprint density at radius 3 is 2.94 bits per heavy atom. The smallest absolute Gasteiger partial charge is 0.301 e. The number of rotatable bonds is 5. The second kappa shape index (κ2) is 6.54. The van der Waals surface area contributed by atoms with Crippen LogP contribution < -0.4 is 0 Å². The highest BCUT2D eigenvalue weighted by molar-refractivity contribution is 8.01. The number of halogens is 3. The molecule has 88 valence electrons. The van der Waals surface area contributed by atoms with Gasteiger partial charge in [0.1, 0.15) is 0 Å². The Hall–Kier alpha value is -1.02. The van der Waals surface area contributed by atoms with E-state index in [1.807, 2.05) is 0 Å². The molecular weight excluding hydrogens is 261 g/mol. The molecule has 0 spiro atoms. The maximum atomic E-state index is 12.4. The van der Waals surface area contributed by atoms with Gasteiger partial charge in [-0.15, -0.1) is 11.3 Å². The van der Waals surface area contributed by atoms with Crippen LogP contribution in [-0.2, 0) is 0 Å². The SMILES string of the molecule is ON=Cc1csc(SCCC(F)=C(F)F)n1. The normalized spacial score (nSPS) is 10.9. The highest BCUT2D eigenvalue weighted by atomic mass is 32.2. The molecule has 0 atom stereocenters. The quantitative estimate of drug-likeness (QED) is 0.384. The summed E-state index contributed by atoms with van der Waals surface area (Å²) >= 11 is 2.44. The van der Waals surface area contributed by atoms with Gasteiger partial charge in [0.05, 0.1) is 11.9 Å². The number of hydrogen-bond acceptors (Lipinski definition) is 5. The molecular formula is C8H7F3N2OS2. The van der Waals surface area contributed by atoms with Crippen LogP contribution in [-0.4, -0.2) is 22.2 Å². The molecule has 1 aromatic heterocycles. The molecule has 0 radical (unpaired) electrons. The minimum atomic E-state index is -2.27. The fourth-order valence-corrected chi connectivity index (χ4v) is 2.56. The van der Waals surface area contributed by atoms with Crippen LogP contribution in [0.4, 0.5) is 13.2 Å². The average Bonchev–Trinajstić information content (AvgIpc) is 2.66. The minimum Gasteiger partial charge on any atom is -0.411 e. The zero-order valence-corrected chi connectivity index (χ0v) is 9.49. The van der Waals surface area contributed by atoms with E-state index in [0.717, 1.165) is 6.21 Å². The topological polar surface area (TPSA) is 45.5 Å². The maximum absolute atomic E-state index is 12.4. The lowest BCUT2D eigenvalue weighted by molar-refractivity contribution is 0.321. The van der Waals surface area contributed by atoms with Crippen molar-refractivity contribution in [2.24, 2.45) is 5.16 Å². The van der Waals surface area contributed by atoms with E-state index in [4.69, 9.17) is 5.21 Å². The van der Waals surface area contributed by atoms with Gasteiger partial charge in [-0.2, -0.15) is 8.78 Å². The fourth-order valence-electron chi connectivity index (χ4n) is 0.776. The Kier molecular flexibility index (Phi) is 5.33. The molecule has 1 aromatic rings. The maximum Gasteiger partial charge on any atom is 0.301 e. The van der Waals surface area contributed by atoms with Gasteiger partial charge in [-0.3, -0.25) is 0 Å². The van der Waals surface area contributed by atoms with Crippen molar-refractivity contribution in [3.05, 3.63) is 23.0 Å². The van der Waals surface area contributed by atoms with Gasteiger partial charge in [0.15, 0.2) is 10.2 Å². The Morgan fingerprint density at radius 2 is 2.31 bits per heavy atom. The second-order valence-corrected chi connectivity index (χ2v) is 4.75. The molecule has 1 N–H and O–H groups in total. The lowest BCUT2D eigenvalue weighted by atomic mass is 10.4. The summed E-state index contributed by atoms with van der Waals surface area (Å²) in [5, 5.41) is 12.7. The van der Waals surface area contributed by atoms with Gasteiger partial charge in [0, 0.05) is 17.6 Å². The van der Waals surface area contributed by atoms with E-state index in [9.17, 15) is 13.2 Å². The molecule has 0 aliphatic rings. The second-order valence-electron chi connectivity index (χ2n) is 2.55. The number of aromatic nitrogens is 1. The van der Waals surface area contributed by atoms with Gasteiger partial charge in [-0.1, -0.05) is 16.9 Å². The van der Waals surface area contributed by atoms with Crippen LogP contribution in [0.25, 0.3) is 0 Å². The molecule has 0 aliphatic heterocycles. The molecule has 16 heavy (non-hydrogen) atoms. The number of nitrogens with zero attached hydrogens (tertiary/aromatic N) is 2. The van der Waals surface area contributed by atoms with Crippen molar-refractivity contribution in [2.45, 2.75) is 10.8 Å². The fraction of sp³-hybridized carbons (Fsp3) is 0.250. The standard InChI is InChI=1S/C8H7F3N2OS2/c9-6(7(10)11)1-2-15-8-13-5(3-12-14)4-16-8/h3-4,14H,1-2H2. The van der Waals surface area contributed by atoms with Crippen LogP contribution in [0, 0.1) is 0 Å². The van der Waals surface area contributed by atoms with Crippen molar-refractivity contribution in [1.29, 1.82) is 0 Å². The first-order valence-electron chi connectivity index (χ1n) is 4.09. The van der Waals surface area contributed by atoms with E-state index < -0.39 is 11.9 Å². The lowest BCUT2D eigenvalue weighted by Crippen LogP contribution is -1.84. The van der Waals surface area contributed by atoms with Gasteiger partial charge in [-0.25, -0.2) is 9.37 Å². The predicted octanol–water partition coefficient (Wildman–Crippen LogP) is 3.51. The predicted molar refractivity (Wildman–Crippen MR) is 57.2 cm³/mol. The number of allylic oxidation sites excluding steroid dienone is 1. The zero-order chi connectivity index (χ0) is 12.0. The molecule has 0 aromatic carbocycles. The molecule has 1 rings (SSSR count). The molecule has 0 saturated heterocycles. The Morgan fingerprint density at radius 1 is 1.56 bits per heavy atom. The average molecular weight is 268 g/mol. The summed E-state index contributed by atoms with van der Waals surface area (Å²) in [6, 6.07) is 0. The number of thiazole rings is 1. The Labute approximate surface area is 97.7 Å². The summed E-state index contributed by atoms with van der Waals surface area (Å²) in [6.45, 7) is 0. The molecule has 0 amide bonds. The van der Waals surface area contributed by atoms with Crippen LogP contribution in [0.1, 0.15) is 12.1 Å². The third kappa shape index (κ3) is 4.23. The highest BCUT2D eigenvalue weighted by Crippen LogP contribution is 2.25. The lowest BCUT2D eigenvalue weighted by Gasteiger charge is -1.94. The third-order valence-corrected chi connectivity index (χ3v) is 3.48. The summed E-state index contributed by atoms with van der Waals surface area (Å²) < 4.78 is 36.4. The van der Waals surface area contributed by atoms with E-state index in [0.29, 0.717) is 10.0 Å². The van der Waals surface area contributed by atoms with E-state index in [2.05, 4.69) is 10.1 Å². The molecule has 0 saturated carbocycles. The van der Waals surface area contributed by atoms with Gasteiger partial charge >= 0.3 is 6.08 Å². The molecule has 0 unspecified atom stereocenters. The molecule has 0 aliphatic carbocycles.